The van der Waals surface area contributed by atoms with Crippen LogP contribution in [-0.2, 0) is 0 Å². The summed E-state index contributed by atoms with van der Waals surface area (Å²) >= 11 is 0. The highest BCUT2D eigenvalue weighted by molar-refractivity contribution is 5.45. The lowest BCUT2D eigenvalue weighted by molar-refractivity contribution is 0.592. The Morgan fingerprint density at radius 3 is 2.86 bits per heavy atom. The number of fused-ring (bicyclic) bond motifs is 1. The Morgan fingerprint density at radius 2 is 2.21 bits per heavy atom. The largest absolute Gasteiger partial charge is 0.367 e. The Labute approximate surface area is 79.8 Å². The fourth-order valence-electron chi connectivity index (χ4n) is 1.26. The van der Waals surface area contributed by atoms with Crippen LogP contribution in [0.25, 0.3) is 5.52 Å². The molecule has 0 saturated heterocycles. The van der Waals surface area contributed by atoms with Gasteiger partial charge in [0.1, 0.15) is 11.3 Å². The minimum Gasteiger partial charge on any atom is -0.367 e. The van der Waals surface area contributed by atoms with E-state index in [9.17, 15) is 4.39 Å². The third-order valence-corrected chi connectivity index (χ3v) is 1.91. The number of halogens is 1. The molecule has 0 aromatic carbocycles. The molecule has 14 heavy (non-hydrogen) atoms. The molecule has 0 fully saturated rings. The molecule has 2 N–H and O–H groups in total. The number of rotatable bonds is 1. The highest BCUT2D eigenvalue weighted by Crippen LogP contribution is 2.16. The second-order valence-corrected chi connectivity index (χ2v) is 3.33. The van der Waals surface area contributed by atoms with Gasteiger partial charge in [-0.25, -0.2) is 14.5 Å². The summed E-state index contributed by atoms with van der Waals surface area (Å²) in [5.74, 6) is 0.179. The quantitative estimate of drug-likeness (QED) is 0.736. The van der Waals surface area contributed by atoms with Gasteiger partial charge in [-0.15, -0.1) is 5.10 Å². The first-order chi connectivity index (χ1) is 6.59. The molecule has 6 heteroatoms. The summed E-state index contributed by atoms with van der Waals surface area (Å²) in [6.07, 6.45) is 1.33. The molecular weight excluding hydrogens is 185 g/mol. The third-order valence-electron chi connectivity index (χ3n) is 1.91. The van der Waals surface area contributed by atoms with Crippen LogP contribution in [0.3, 0.4) is 0 Å². The molecule has 2 rings (SSSR count). The van der Waals surface area contributed by atoms with Crippen LogP contribution in [0.2, 0.25) is 0 Å². The minimum atomic E-state index is -0.561. The van der Waals surface area contributed by atoms with Gasteiger partial charge in [-0.1, -0.05) is 13.8 Å². The van der Waals surface area contributed by atoms with E-state index in [1.165, 1.54) is 10.7 Å². The van der Waals surface area contributed by atoms with Crippen LogP contribution in [0.4, 0.5) is 10.3 Å². The molecule has 74 valence electrons. The second kappa shape index (κ2) is 2.90. The SMILES string of the molecule is CC(C)c1nc(F)c2cnc(N)nn12. The van der Waals surface area contributed by atoms with E-state index in [0.29, 0.717) is 5.82 Å². The van der Waals surface area contributed by atoms with Crippen LogP contribution in [0, 0.1) is 5.95 Å². The summed E-state index contributed by atoms with van der Waals surface area (Å²) in [7, 11) is 0. The van der Waals surface area contributed by atoms with Gasteiger partial charge in [0.25, 0.3) is 0 Å². The predicted octanol–water partition coefficient (Wildman–Crippen LogP) is 0.969. The molecule has 0 saturated carbocycles. The van der Waals surface area contributed by atoms with E-state index in [1.807, 2.05) is 13.8 Å². The Bertz CT molecular complexity index is 476. The van der Waals surface area contributed by atoms with Crippen LogP contribution in [0.15, 0.2) is 6.20 Å². The maximum Gasteiger partial charge on any atom is 0.242 e. The van der Waals surface area contributed by atoms with Crippen LogP contribution >= 0.6 is 0 Å². The Balaban J connectivity index is 2.79. The van der Waals surface area contributed by atoms with Crippen LogP contribution in [0.5, 0.6) is 0 Å². The predicted molar refractivity (Wildman–Crippen MR) is 49.2 cm³/mol. The molecule has 0 aliphatic carbocycles. The topological polar surface area (TPSA) is 69.1 Å². The monoisotopic (exact) mass is 195 g/mol. The third kappa shape index (κ3) is 1.19. The molecular formula is C8H10FN5. The van der Waals surface area contributed by atoms with Gasteiger partial charge in [-0.05, 0) is 0 Å². The van der Waals surface area contributed by atoms with Gasteiger partial charge in [0.05, 0.1) is 6.20 Å². The van der Waals surface area contributed by atoms with E-state index in [4.69, 9.17) is 5.73 Å². The van der Waals surface area contributed by atoms with E-state index in [2.05, 4.69) is 15.1 Å². The first kappa shape index (κ1) is 8.86. The van der Waals surface area contributed by atoms with Crippen LogP contribution in [0.1, 0.15) is 25.6 Å². The average molecular weight is 195 g/mol. The maximum atomic E-state index is 13.2. The van der Waals surface area contributed by atoms with Gasteiger partial charge in [0.2, 0.25) is 11.9 Å². The summed E-state index contributed by atoms with van der Waals surface area (Å²) in [6.45, 7) is 3.82. The summed E-state index contributed by atoms with van der Waals surface area (Å²) < 4.78 is 14.6. The standard InChI is InChI=1S/C8H10FN5/c1-4(2)7-12-6(9)5-3-11-8(10)13-14(5)7/h3-4H,1-2H3,(H2,10,13). The van der Waals surface area contributed by atoms with Crippen molar-refractivity contribution in [3.63, 3.8) is 0 Å². The lowest BCUT2D eigenvalue weighted by atomic mass is 10.2. The molecule has 0 aliphatic heterocycles. The zero-order valence-corrected chi connectivity index (χ0v) is 7.90. The van der Waals surface area contributed by atoms with Crippen molar-refractivity contribution in [3.8, 4) is 0 Å². The van der Waals surface area contributed by atoms with E-state index in [-0.39, 0.29) is 17.4 Å². The molecule has 2 heterocycles. The fourth-order valence-corrected chi connectivity index (χ4v) is 1.26. The van der Waals surface area contributed by atoms with Crippen molar-refractivity contribution < 1.29 is 4.39 Å². The number of hydrogen-bond donors (Lipinski definition) is 1. The molecule has 5 nitrogen and oxygen atoms in total. The van der Waals surface area contributed by atoms with Gasteiger partial charge in [-0.3, -0.25) is 0 Å². The summed E-state index contributed by atoms with van der Waals surface area (Å²) in [5, 5.41) is 3.90. The zero-order valence-electron chi connectivity index (χ0n) is 7.90. The summed E-state index contributed by atoms with van der Waals surface area (Å²) in [4.78, 5) is 7.48. The summed E-state index contributed by atoms with van der Waals surface area (Å²) in [6, 6.07) is 0. The minimum absolute atomic E-state index is 0.0845. The Kier molecular flexibility index (Phi) is 1.83. The molecule has 0 radical (unpaired) electrons. The van der Waals surface area contributed by atoms with Crippen molar-refractivity contribution in [1.82, 2.24) is 19.6 Å². The van der Waals surface area contributed by atoms with Gasteiger partial charge >= 0.3 is 0 Å². The Hall–Kier alpha value is -1.72. The van der Waals surface area contributed by atoms with Crippen molar-refractivity contribution in [3.05, 3.63) is 18.0 Å². The van der Waals surface area contributed by atoms with Crippen molar-refractivity contribution in [2.75, 3.05) is 5.73 Å². The lowest BCUT2D eigenvalue weighted by Gasteiger charge is -2.01. The average Bonchev–Trinajstić information content (AvgIpc) is 2.43. The fraction of sp³-hybridized carbons (Fsp3) is 0.375. The van der Waals surface area contributed by atoms with E-state index >= 15 is 0 Å². The van der Waals surface area contributed by atoms with Gasteiger partial charge in [0, 0.05) is 5.92 Å². The molecule has 0 unspecified atom stereocenters. The second-order valence-electron chi connectivity index (χ2n) is 3.33. The number of hydrogen-bond acceptors (Lipinski definition) is 4. The number of nitrogen functional groups attached to an aromatic ring is 1. The normalized spacial score (nSPS) is 11.4. The van der Waals surface area contributed by atoms with Crippen molar-refractivity contribution in [2.24, 2.45) is 0 Å². The summed E-state index contributed by atoms with van der Waals surface area (Å²) in [5.41, 5.74) is 5.66. The molecule has 2 aromatic rings. The first-order valence-corrected chi connectivity index (χ1v) is 4.26. The number of imidazole rings is 1. The molecule has 0 spiro atoms. The molecule has 0 atom stereocenters. The Morgan fingerprint density at radius 1 is 1.50 bits per heavy atom. The van der Waals surface area contributed by atoms with Crippen molar-refractivity contribution in [2.45, 2.75) is 19.8 Å². The zero-order chi connectivity index (χ0) is 10.3. The highest BCUT2D eigenvalue weighted by Gasteiger charge is 2.14. The molecule has 0 amide bonds. The van der Waals surface area contributed by atoms with Gasteiger partial charge < -0.3 is 5.73 Å². The highest BCUT2D eigenvalue weighted by atomic mass is 19.1. The number of anilines is 1. The lowest BCUT2D eigenvalue weighted by Crippen LogP contribution is -2.04. The van der Waals surface area contributed by atoms with E-state index in [1.54, 1.807) is 0 Å². The smallest absolute Gasteiger partial charge is 0.242 e. The molecule has 0 aliphatic rings. The van der Waals surface area contributed by atoms with Crippen LogP contribution in [-0.4, -0.2) is 19.6 Å². The maximum absolute atomic E-state index is 13.2. The number of nitrogens with two attached hydrogens (primary N) is 1. The van der Waals surface area contributed by atoms with Crippen molar-refractivity contribution >= 4 is 11.5 Å². The van der Waals surface area contributed by atoms with Gasteiger partial charge in [0.15, 0.2) is 0 Å². The molecule has 2 aromatic heterocycles. The van der Waals surface area contributed by atoms with E-state index in [0.717, 1.165) is 0 Å². The number of nitrogens with zero attached hydrogens (tertiary/aromatic N) is 4. The first-order valence-electron chi connectivity index (χ1n) is 4.26. The van der Waals surface area contributed by atoms with E-state index < -0.39 is 5.95 Å². The van der Waals surface area contributed by atoms with Crippen molar-refractivity contribution in [1.29, 1.82) is 0 Å². The number of aromatic nitrogens is 4. The molecule has 0 bridgehead atoms. The van der Waals surface area contributed by atoms with Crippen LogP contribution < -0.4 is 5.73 Å². The van der Waals surface area contributed by atoms with Gasteiger partial charge in [-0.2, -0.15) is 4.39 Å².